The van der Waals surface area contributed by atoms with E-state index in [0.29, 0.717) is 24.7 Å². The highest BCUT2D eigenvalue weighted by Gasteiger charge is 2.02. The van der Waals surface area contributed by atoms with Gasteiger partial charge in [-0.1, -0.05) is 30.3 Å². The molecule has 0 heterocycles. The summed E-state index contributed by atoms with van der Waals surface area (Å²) in [6.45, 7) is 0.918. The van der Waals surface area contributed by atoms with Gasteiger partial charge in [0.1, 0.15) is 0 Å². The van der Waals surface area contributed by atoms with Crippen molar-refractivity contribution >= 4 is 35.6 Å². The zero-order chi connectivity index (χ0) is 15.8. The lowest BCUT2D eigenvalue weighted by Crippen LogP contribution is -2.23. The number of hydrogen-bond acceptors (Lipinski definition) is 3. The van der Waals surface area contributed by atoms with Gasteiger partial charge in [-0.2, -0.15) is 5.26 Å². The van der Waals surface area contributed by atoms with Crippen molar-refractivity contribution < 1.29 is 4.74 Å². The molecule has 6 heteroatoms. The molecule has 0 bridgehead atoms. The van der Waals surface area contributed by atoms with Gasteiger partial charge in [-0.15, -0.1) is 24.0 Å². The highest BCUT2D eigenvalue weighted by Crippen LogP contribution is 2.15. The third kappa shape index (κ3) is 5.88. The standard InChI is InChI=1S/C17H18N4O.HI/c1-22-12-15-7-2-3-8-16(15)21-17(19)20-11-14-6-4-5-13(9-14)10-18;/h2-9H,11-12H2,1H3,(H3,19,20,21);1H. The summed E-state index contributed by atoms with van der Waals surface area (Å²) < 4.78 is 5.15. The molecule has 0 aromatic heterocycles. The summed E-state index contributed by atoms with van der Waals surface area (Å²) in [6, 6.07) is 17.2. The number of anilines is 1. The van der Waals surface area contributed by atoms with Crippen molar-refractivity contribution in [2.75, 3.05) is 12.4 Å². The maximum Gasteiger partial charge on any atom is 0.193 e. The molecule has 0 aliphatic carbocycles. The molecule has 0 radical (unpaired) electrons. The van der Waals surface area contributed by atoms with Crippen LogP contribution >= 0.6 is 24.0 Å². The third-order valence-corrected chi connectivity index (χ3v) is 3.07. The van der Waals surface area contributed by atoms with Gasteiger partial charge in [-0.05, 0) is 23.8 Å². The predicted octanol–water partition coefficient (Wildman–Crippen LogP) is 3.25. The second kappa shape index (κ2) is 9.82. The lowest BCUT2D eigenvalue weighted by Gasteiger charge is -2.10. The molecule has 0 spiro atoms. The van der Waals surface area contributed by atoms with Crippen molar-refractivity contribution in [3.8, 4) is 6.07 Å². The van der Waals surface area contributed by atoms with Crippen LogP contribution < -0.4 is 11.1 Å². The van der Waals surface area contributed by atoms with Crippen LogP contribution in [0.3, 0.4) is 0 Å². The first kappa shape index (κ1) is 18.9. The van der Waals surface area contributed by atoms with Gasteiger partial charge in [-0.3, -0.25) is 0 Å². The monoisotopic (exact) mass is 422 g/mol. The molecular weight excluding hydrogens is 403 g/mol. The van der Waals surface area contributed by atoms with Gasteiger partial charge in [0.15, 0.2) is 5.96 Å². The highest BCUT2D eigenvalue weighted by molar-refractivity contribution is 14.0. The van der Waals surface area contributed by atoms with Crippen molar-refractivity contribution in [2.24, 2.45) is 10.7 Å². The minimum Gasteiger partial charge on any atom is -0.380 e. The number of benzene rings is 2. The number of nitrogens with one attached hydrogen (secondary N) is 1. The van der Waals surface area contributed by atoms with Crippen LogP contribution in [0.2, 0.25) is 0 Å². The molecule has 0 saturated carbocycles. The first-order chi connectivity index (χ1) is 10.7. The number of para-hydroxylation sites is 1. The molecule has 0 atom stereocenters. The van der Waals surface area contributed by atoms with Crippen LogP contribution in [0.5, 0.6) is 0 Å². The van der Waals surface area contributed by atoms with E-state index < -0.39 is 0 Å². The Morgan fingerprint density at radius 2 is 2.04 bits per heavy atom. The summed E-state index contributed by atoms with van der Waals surface area (Å²) in [5.41, 5.74) is 9.36. The molecule has 0 saturated heterocycles. The Balaban J connectivity index is 0.00000264. The topological polar surface area (TPSA) is 83.4 Å². The zero-order valence-electron chi connectivity index (χ0n) is 12.8. The number of methoxy groups -OCH3 is 1. The molecule has 0 amide bonds. The first-order valence-electron chi connectivity index (χ1n) is 6.85. The smallest absolute Gasteiger partial charge is 0.193 e. The number of rotatable bonds is 5. The average molecular weight is 422 g/mol. The Kier molecular flexibility index (Phi) is 8.08. The number of hydrogen-bond donors (Lipinski definition) is 2. The van der Waals surface area contributed by atoms with E-state index in [1.165, 1.54) is 0 Å². The summed E-state index contributed by atoms with van der Waals surface area (Å²) in [5.74, 6) is 0.325. The molecule has 2 aromatic carbocycles. The Hall–Kier alpha value is -2.11. The first-order valence-corrected chi connectivity index (χ1v) is 6.85. The van der Waals surface area contributed by atoms with Crippen LogP contribution in [0.15, 0.2) is 53.5 Å². The number of nitrogens with two attached hydrogens (primary N) is 1. The molecule has 5 nitrogen and oxygen atoms in total. The maximum absolute atomic E-state index is 8.88. The molecule has 2 aromatic rings. The predicted molar refractivity (Wildman–Crippen MR) is 103 cm³/mol. The molecule has 3 N–H and O–H groups in total. The molecule has 0 unspecified atom stereocenters. The zero-order valence-corrected chi connectivity index (χ0v) is 15.2. The average Bonchev–Trinajstić information content (AvgIpc) is 2.55. The van der Waals surface area contributed by atoms with Crippen LogP contribution in [0, 0.1) is 11.3 Å². The summed E-state index contributed by atoms with van der Waals surface area (Å²) in [6.07, 6.45) is 0. The molecular formula is C17H19IN4O. The van der Waals surface area contributed by atoms with Gasteiger partial charge in [0, 0.05) is 18.4 Å². The fraction of sp³-hybridized carbons (Fsp3) is 0.176. The number of aliphatic imine (C=N–C) groups is 1. The lowest BCUT2D eigenvalue weighted by atomic mass is 10.1. The second-order valence-electron chi connectivity index (χ2n) is 4.73. The van der Waals surface area contributed by atoms with Crippen LogP contribution in [0.4, 0.5) is 5.69 Å². The minimum atomic E-state index is 0. The third-order valence-electron chi connectivity index (χ3n) is 3.07. The molecule has 0 aliphatic heterocycles. The van der Waals surface area contributed by atoms with Crippen LogP contribution in [-0.4, -0.2) is 13.1 Å². The second-order valence-corrected chi connectivity index (χ2v) is 4.73. The van der Waals surface area contributed by atoms with Crippen molar-refractivity contribution in [2.45, 2.75) is 13.2 Å². The van der Waals surface area contributed by atoms with E-state index in [4.69, 9.17) is 15.7 Å². The fourth-order valence-corrected chi connectivity index (χ4v) is 2.02. The van der Waals surface area contributed by atoms with Crippen molar-refractivity contribution in [1.82, 2.24) is 0 Å². The summed E-state index contributed by atoms with van der Waals surface area (Å²) >= 11 is 0. The number of halogens is 1. The van der Waals surface area contributed by atoms with Gasteiger partial charge in [0.2, 0.25) is 0 Å². The van der Waals surface area contributed by atoms with E-state index in [1.54, 1.807) is 19.2 Å². The van der Waals surface area contributed by atoms with E-state index in [9.17, 15) is 0 Å². The van der Waals surface area contributed by atoms with E-state index >= 15 is 0 Å². The minimum absolute atomic E-state index is 0. The van der Waals surface area contributed by atoms with Gasteiger partial charge in [-0.25, -0.2) is 4.99 Å². The summed E-state index contributed by atoms with van der Waals surface area (Å²) in [4.78, 5) is 4.30. The lowest BCUT2D eigenvalue weighted by molar-refractivity contribution is 0.185. The van der Waals surface area contributed by atoms with E-state index in [0.717, 1.165) is 16.8 Å². The summed E-state index contributed by atoms with van der Waals surface area (Å²) in [7, 11) is 1.65. The Labute approximate surface area is 153 Å². The Morgan fingerprint density at radius 3 is 2.78 bits per heavy atom. The van der Waals surface area contributed by atoms with Gasteiger partial charge in [0.05, 0.1) is 24.8 Å². The van der Waals surface area contributed by atoms with Crippen LogP contribution in [0.1, 0.15) is 16.7 Å². The largest absolute Gasteiger partial charge is 0.380 e. The number of guanidine groups is 1. The molecule has 23 heavy (non-hydrogen) atoms. The van der Waals surface area contributed by atoms with Crippen molar-refractivity contribution in [1.29, 1.82) is 5.26 Å². The normalized spacial score (nSPS) is 10.5. The van der Waals surface area contributed by atoms with Crippen LogP contribution in [0.25, 0.3) is 0 Å². The van der Waals surface area contributed by atoms with Gasteiger partial charge in [0.25, 0.3) is 0 Å². The van der Waals surface area contributed by atoms with E-state index in [-0.39, 0.29) is 24.0 Å². The molecule has 2 rings (SSSR count). The maximum atomic E-state index is 8.88. The number of nitrogens with zero attached hydrogens (tertiary/aromatic N) is 2. The molecule has 0 fully saturated rings. The SMILES string of the molecule is COCc1ccccc1NC(N)=NCc1cccc(C#N)c1.I. The number of nitriles is 1. The molecule has 0 aliphatic rings. The number of ether oxygens (including phenoxy) is 1. The van der Waals surface area contributed by atoms with Gasteiger partial charge >= 0.3 is 0 Å². The molecule has 120 valence electrons. The van der Waals surface area contributed by atoms with E-state index in [1.807, 2.05) is 36.4 Å². The van der Waals surface area contributed by atoms with Crippen molar-refractivity contribution in [3.63, 3.8) is 0 Å². The van der Waals surface area contributed by atoms with Crippen molar-refractivity contribution in [3.05, 3.63) is 65.2 Å². The van der Waals surface area contributed by atoms with Gasteiger partial charge < -0.3 is 15.8 Å². The Morgan fingerprint density at radius 1 is 1.26 bits per heavy atom. The summed E-state index contributed by atoms with van der Waals surface area (Å²) in [5, 5.41) is 12.0. The quantitative estimate of drug-likeness (QED) is 0.440. The fourth-order valence-electron chi connectivity index (χ4n) is 2.02. The Bertz CT molecular complexity index is 710. The van der Waals surface area contributed by atoms with Crippen LogP contribution in [-0.2, 0) is 17.9 Å². The van der Waals surface area contributed by atoms with E-state index in [2.05, 4.69) is 16.4 Å². The highest BCUT2D eigenvalue weighted by atomic mass is 127.